The maximum atomic E-state index is 12.6. The second-order valence-corrected chi connectivity index (χ2v) is 10.2. The second-order valence-electron chi connectivity index (χ2n) is 10.2. The SMILES string of the molecule is CCC(C)C(=O)Oc1ccc(OC(=O)C(C)CC)c2cc(-c3ccc(OC4CCCCC4)cc3)ccc12. The molecule has 0 aliphatic heterocycles. The monoisotopic (exact) mass is 502 g/mol. The predicted octanol–water partition coefficient (Wildman–Crippen LogP) is 8.12. The zero-order valence-corrected chi connectivity index (χ0v) is 22.4. The zero-order valence-electron chi connectivity index (χ0n) is 22.4. The highest BCUT2D eigenvalue weighted by atomic mass is 16.5. The topological polar surface area (TPSA) is 61.8 Å². The van der Waals surface area contributed by atoms with Crippen molar-refractivity contribution in [3.05, 3.63) is 54.6 Å². The first-order valence-electron chi connectivity index (χ1n) is 13.7. The fourth-order valence-electron chi connectivity index (χ4n) is 4.50. The highest BCUT2D eigenvalue weighted by molar-refractivity contribution is 5.98. The van der Waals surface area contributed by atoms with Crippen molar-refractivity contribution in [1.82, 2.24) is 0 Å². The van der Waals surface area contributed by atoms with Crippen LogP contribution >= 0.6 is 0 Å². The van der Waals surface area contributed by atoms with Crippen LogP contribution in [0.3, 0.4) is 0 Å². The van der Waals surface area contributed by atoms with Gasteiger partial charge in [0, 0.05) is 10.8 Å². The van der Waals surface area contributed by atoms with Crippen LogP contribution in [0.2, 0.25) is 0 Å². The van der Waals surface area contributed by atoms with Gasteiger partial charge in [0.25, 0.3) is 0 Å². The summed E-state index contributed by atoms with van der Waals surface area (Å²) in [5, 5.41) is 1.46. The fourth-order valence-corrected chi connectivity index (χ4v) is 4.50. The molecule has 0 radical (unpaired) electrons. The quantitative estimate of drug-likeness (QED) is 0.218. The van der Waals surface area contributed by atoms with Crippen LogP contribution in [-0.2, 0) is 9.59 Å². The van der Waals surface area contributed by atoms with E-state index < -0.39 is 0 Å². The normalized spacial score (nSPS) is 15.7. The van der Waals surface area contributed by atoms with E-state index in [1.54, 1.807) is 12.1 Å². The third-order valence-corrected chi connectivity index (χ3v) is 7.43. The zero-order chi connectivity index (χ0) is 26.4. The number of carbonyl (C=O) groups is 2. The van der Waals surface area contributed by atoms with Gasteiger partial charge in [0.15, 0.2) is 0 Å². The van der Waals surface area contributed by atoms with Crippen LogP contribution in [-0.4, -0.2) is 18.0 Å². The second kappa shape index (κ2) is 12.3. The summed E-state index contributed by atoms with van der Waals surface area (Å²) in [6.45, 7) is 7.63. The molecule has 0 aromatic heterocycles. The summed E-state index contributed by atoms with van der Waals surface area (Å²) in [6.07, 6.45) is 7.71. The lowest BCUT2D eigenvalue weighted by Gasteiger charge is -2.23. The average molecular weight is 503 g/mol. The molecule has 5 heteroatoms. The molecule has 196 valence electrons. The minimum atomic E-state index is -0.275. The van der Waals surface area contributed by atoms with E-state index in [1.807, 2.05) is 58.0 Å². The van der Waals surface area contributed by atoms with E-state index in [0.29, 0.717) is 30.4 Å². The summed E-state index contributed by atoms with van der Waals surface area (Å²) in [6, 6.07) is 17.5. The minimum absolute atomic E-state index is 0.202. The Bertz CT molecular complexity index is 1220. The van der Waals surface area contributed by atoms with Crippen LogP contribution in [0.15, 0.2) is 54.6 Å². The number of fused-ring (bicyclic) bond motifs is 1. The molecule has 2 atom stereocenters. The van der Waals surface area contributed by atoms with E-state index >= 15 is 0 Å². The molecule has 0 N–H and O–H groups in total. The van der Waals surface area contributed by atoms with Gasteiger partial charge in [-0.2, -0.15) is 0 Å². The third-order valence-electron chi connectivity index (χ3n) is 7.43. The minimum Gasteiger partial charge on any atom is -0.490 e. The summed E-state index contributed by atoms with van der Waals surface area (Å²) in [5.41, 5.74) is 2.00. The molecule has 3 aromatic rings. The van der Waals surface area contributed by atoms with Crippen molar-refractivity contribution in [3.63, 3.8) is 0 Å². The molecule has 2 unspecified atom stereocenters. The van der Waals surface area contributed by atoms with Gasteiger partial charge in [0.2, 0.25) is 0 Å². The number of ether oxygens (including phenoxy) is 3. The standard InChI is InChI=1S/C32H38O5/c1-5-21(3)31(33)36-29-18-19-30(37-32(34)22(4)6-2)28-20-24(14-17-27(28)29)23-12-15-26(16-13-23)35-25-10-8-7-9-11-25/h12-22,25H,5-11H2,1-4H3. The van der Waals surface area contributed by atoms with E-state index in [-0.39, 0.29) is 23.8 Å². The molecule has 4 rings (SSSR count). The summed E-state index contributed by atoms with van der Waals surface area (Å²) in [5.74, 6) is 0.853. The lowest BCUT2D eigenvalue weighted by molar-refractivity contribution is -0.139. The van der Waals surface area contributed by atoms with E-state index in [2.05, 4.69) is 12.1 Å². The molecule has 1 aliphatic rings. The van der Waals surface area contributed by atoms with Crippen molar-refractivity contribution in [3.8, 4) is 28.4 Å². The molecule has 37 heavy (non-hydrogen) atoms. The van der Waals surface area contributed by atoms with Crippen molar-refractivity contribution in [2.75, 3.05) is 0 Å². The molecule has 1 fully saturated rings. The van der Waals surface area contributed by atoms with Gasteiger partial charge in [-0.1, -0.05) is 52.3 Å². The highest BCUT2D eigenvalue weighted by Crippen LogP contribution is 2.37. The van der Waals surface area contributed by atoms with Crippen LogP contribution in [0, 0.1) is 11.8 Å². The maximum absolute atomic E-state index is 12.6. The molecule has 1 aliphatic carbocycles. The third kappa shape index (κ3) is 6.51. The van der Waals surface area contributed by atoms with Crippen molar-refractivity contribution in [1.29, 1.82) is 0 Å². The largest absolute Gasteiger partial charge is 0.490 e. The van der Waals surface area contributed by atoms with E-state index in [1.165, 1.54) is 19.3 Å². The first kappa shape index (κ1) is 26.7. The summed E-state index contributed by atoms with van der Waals surface area (Å²) >= 11 is 0. The van der Waals surface area contributed by atoms with Crippen molar-refractivity contribution in [2.45, 2.75) is 78.7 Å². The first-order chi connectivity index (χ1) is 17.9. The van der Waals surface area contributed by atoms with Gasteiger partial charge < -0.3 is 14.2 Å². The number of benzene rings is 3. The smallest absolute Gasteiger partial charge is 0.314 e. The molecule has 0 bridgehead atoms. The van der Waals surface area contributed by atoms with Gasteiger partial charge in [-0.25, -0.2) is 0 Å². The summed E-state index contributed by atoms with van der Waals surface area (Å²) in [7, 11) is 0. The maximum Gasteiger partial charge on any atom is 0.314 e. The number of carbonyl (C=O) groups excluding carboxylic acids is 2. The summed E-state index contributed by atoms with van der Waals surface area (Å²) < 4.78 is 17.7. The molecule has 3 aromatic carbocycles. The van der Waals surface area contributed by atoms with Crippen LogP contribution in [0.1, 0.15) is 72.6 Å². The van der Waals surface area contributed by atoms with Gasteiger partial charge in [0.1, 0.15) is 17.2 Å². The Morgan fingerprint density at radius 3 is 1.84 bits per heavy atom. The van der Waals surface area contributed by atoms with Crippen LogP contribution in [0.4, 0.5) is 0 Å². The Hall–Kier alpha value is -3.34. The highest BCUT2D eigenvalue weighted by Gasteiger charge is 2.20. The molecular formula is C32H38O5. The predicted molar refractivity (Wildman–Crippen MR) is 147 cm³/mol. The molecule has 0 spiro atoms. The fraction of sp³-hybridized carbons (Fsp3) is 0.438. The molecule has 5 nitrogen and oxygen atoms in total. The number of esters is 2. The summed E-state index contributed by atoms with van der Waals surface area (Å²) in [4.78, 5) is 25.1. The Balaban J connectivity index is 1.66. The lowest BCUT2D eigenvalue weighted by Crippen LogP contribution is -2.19. The van der Waals surface area contributed by atoms with Gasteiger partial charge in [0.05, 0.1) is 17.9 Å². The molecule has 0 heterocycles. The van der Waals surface area contributed by atoms with E-state index in [4.69, 9.17) is 14.2 Å². The van der Waals surface area contributed by atoms with E-state index in [9.17, 15) is 9.59 Å². The average Bonchev–Trinajstić information content (AvgIpc) is 2.94. The van der Waals surface area contributed by atoms with Gasteiger partial charge in [-0.3, -0.25) is 9.59 Å². The Morgan fingerprint density at radius 1 is 0.730 bits per heavy atom. The Morgan fingerprint density at radius 2 is 1.27 bits per heavy atom. The Labute approximate surface area is 220 Å². The molecule has 1 saturated carbocycles. The molecular weight excluding hydrogens is 464 g/mol. The number of hydrogen-bond acceptors (Lipinski definition) is 5. The number of hydrogen-bond donors (Lipinski definition) is 0. The molecule has 0 amide bonds. The molecule has 0 saturated heterocycles. The van der Waals surface area contributed by atoms with E-state index in [0.717, 1.165) is 40.5 Å². The van der Waals surface area contributed by atoms with Crippen molar-refractivity contribution >= 4 is 22.7 Å². The van der Waals surface area contributed by atoms with Crippen molar-refractivity contribution in [2.24, 2.45) is 11.8 Å². The lowest BCUT2D eigenvalue weighted by atomic mass is 9.97. The van der Waals surface area contributed by atoms with Crippen molar-refractivity contribution < 1.29 is 23.8 Å². The number of rotatable bonds is 9. The van der Waals surface area contributed by atoms with Crippen LogP contribution in [0.5, 0.6) is 17.2 Å². The van der Waals surface area contributed by atoms with Gasteiger partial charge in [-0.05, 0) is 86.1 Å². The van der Waals surface area contributed by atoms with Gasteiger partial charge in [-0.15, -0.1) is 0 Å². The van der Waals surface area contributed by atoms with Gasteiger partial charge >= 0.3 is 11.9 Å². The Kier molecular flexibility index (Phi) is 8.86. The first-order valence-corrected chi connectivity index (χ1v) is 13.7. The van der Waals surface area contributed by atoms with Crippen LogP contribution in [0.25, 0.3) is 21.9 Å². The van der Waals surface area contributed by atoms with Crippen LogP contribution < -0.4 is 14.2 Å².